The summed E-state index contributed by atoms with van der Waals surface area (Å²) in [6.45, 7) is 1.95. The van der Waals surface area contributed by atoms with Crippen molar-refractivity contribution in [3.63, 3.8) is 0 Å². The van der Waals surface area contributed by atoms with Crippen molar-refractivity contribution < 1.29 is 14.4 Å². The van der Waals surface area contributed by atoms with Crippen molar-refractivity contribution in [1.29, 1.82) is 5.26 Å². The molecular weight excluding hydrogens is 668 g/mol. The van der Waals surface area contributed by atoms with E-state index in [2.05, 4.69) is 37.9 Å². The van der Waals surface area contributed by atoms with Crippen molar-refractivity contribution in [2.75, 3.05) is 10.6 Å². The summed E-state index contributed by atoms with van der Waals surface area (Å²) in [5, 5.41) is 18.7. The molecule has 5 rings (SSSR count). The Morgan fingerprint density at radius 3 is 2.53 bits per heavy atom. The van der Waals surface area contributed by atoms with Gasteiger partial charge in [0, 0.05) is 25.5 Å². The summed E-state index contributed by atoms with van der Waals surface area (Å²) in [5.41, 5.74) is 3.44. The number of aryl methyl sites for hydroxylation is 1. The molecule has 4 aromatic rings. The lowest BCUT2D eigenvalue weighted by molar-refractivity contribution is -0.116. The molecule has 0 fully saturated rings. The van der Waals surface area contributed by atoms with Crippen LogP contribution in [0, 0.1) is 11.3 Å². The standard InChI is InChI=1S/C35H31BrN4O3S2/c1-2-30(34(43)40-35-28(21-37)27-16-6-7-17-31(27)45-35)44-26-15-9-14-25(20-26)38-33(42)29(19-22-10-8-13-24(36)18-22)39-32(41)23-11-4-3-5-12-23/h3-5,8-15,18-20,30H,2,6-7,16-17H2,1H3,(H,38,42)(H,39,41)(H,40,43)/b29-19+. The predicted molar refractivity (Wildman–Crippen MR) is 185 cm³/mol. The molecule has 228 valence electrons. The highest BCUT2D eigenvalue weighted by atomic mass is 79.9. The van der Waals surface area contributed by atoms with Gasteiger partial charge in [-0.2, -0.15) is 5.26 Å². The number of anilines is 2. The number of hydrogen-bond donors (Lipinski definition) is 3. The van der Waals surface area contributed by atoms with Crippen LogP contribution in [0.2, 0.25) is 0 Å². The van der Waals surface area contributed by atoms with Crippen molar-refractivity contribution in [3.8, 4) is 6.07 Å². The molecule has 0 aliphatic heterocycles. The highest BCUT2D eigenvalue weighted by molar-refractivity contribution is 9.10. The molecule has 1 aliphatic rings. The lowest BCUT2D eigenvalue weighted by atomic mass is 9.96. The minimum Gasteiger partial charge on any atom is -0.321 e. The second-order valence-corrected chi connectivity index (χ2v) is 13.7. The number of nitrogens with one attached hydrogen (secondary N) is 3. The van der Waals surface area contributed by atoms with Gasteiger partial charge in [0.2, 0.25) is 5.91 Å². The van der Waals surface area contributed by atoms with Gasteiger partial charge >= 0.3 is 0 Å². The lowest BCUT2D eigenvalue weighted by Crippen LogP contribution is -2.30. The second-order valence-electron chi connectivity index (χ2n) is 10.4. The van der Waals surface area contributed by atoms with Crippen molar-refractivity contribution in [2.24, 2.45) is 0 Å². The number of nitriles is 1. The van der Waals surface area contributed by atoms with Gasteiger partial charge in [0.05, 0.1) is 10.8 Å². The lowest BCUT2D eigenvalue weighted by Gasteiger charge is -2.16. The minimum atomic E-state index is -0.489. The zero-order valence-electron chi connectivity index (χ0n) is 24.6. The van der Waals surface area contributed by atoms with Crippen LogP contribution in [0.4, 0.5) is 10.7 Å². The third kappa shape index (κ3) is 8.31. The Morgan fingerprint density at radius 1 is 1.00 bits per heavy atom. The van der Waals surface area contributed by atoms with Gasteiger partial charge in [-0.3, -0.25) is 14.4 Å². The molecule has 3 amide bonds. The zero-order valence-corrected chi connectivity index (χ0v) is 27.8. The van der Waals surface area contributed by atoms with Crippen LogP contribution in [0.25, 0.3) is 6.08 Å². The number of benzene rings is 3. The van der Waals surface area contributed by atoms with E-state index in [0.717, 1.165) is 46.2 Å². The first-order valence-electron chi connectivity index (χ1n) is 14.6. The fourth-order valence-corrected chi connectivity index (χ4v) is 7.68. The van der Waals surface area contributed by atoms with Crippen LogP contribution in [-0.2, 0) is 22.4 Å². The van der Waals surface area contributed by atoms with Crippen LogP contribution in [0.5, 0.6) is 0 Å². The van der Waals surface area contributed by atoms with Gasteiger partial charge in [-0.05, 0) is 91.8 Å². The number of carbonyl (C=O) groups is 3. The fraction of sp³-hybridized carbons (Fsp3) is 0.200. The summed E-state index contributed by atoms with van der Waals surface area (Å²) in [6.07, 6.45) is 6.19. The third-order valence-electron chi connectivity index (χ3n) is 7.24. The van der Waals surface area contributed by atoms with Crippen LogP contribution in [-0.4, -0.2) is 23.0 Å². The fourth-order valence-electron chi connectivity index (χ4n) is 5.00. The molecule has 7 nitrogen and oxygen atoms in total. The van der Waals surface area contributed by atoms with Crippen molar-refractivity contribution in [2.45, 2.75) is 49.2 Å². The Hall–Kier alpha value is -4.17. The van der Waals surface area contributed by atoms with E-state index >= 15 is 0 Å². The number of thiophene rings is 1. The van der Waals surface area contributed by atoms with Crippen LogP contribution in [0.3, 0.4) is 0 Å². The van der Waals surface area contributed by atoms with E-state index < -0.39 is 17.1 Å². The first-order chi connectivity index (χ1) is 21.8. The van der Waals surface area contributed by atoms with Gasteiger partial charge in [-0.25, -0.2) is 0 Å². The summed E-state index contributed by atoms with van der Waals surface area (Å²) >= 11 is 6.36. The Balaban J connectivity index is 1.31. The molecule has 1 aromatic heterocycles. The molecule has 10 heteroatoms. The monoisotopic (exact) mass is 698 g/mol. The molecule has 3 N–H and O–H groups in total. The van der Waals surface area contributed by atoms with Crippen LogP contribution in [0.1, 0.15) is 58.1 Å². The van der Waals surface area contributed by atoms with Gasteiger partial charge in [0.25, 0.3) is 11.8 Å². The van der Waals surface area contributed by atoms with Gasteiger partial charge in [0.15, 0.2) is 0 Å². The molecule has 1 atom stereocenters. The summed E-state index contributed by atoms with van der Waals surface area (Å²) in [5.74, 6) is -1.05. The number of thioether (sulfide) groups is 1. The van der Waals surface area contributed by atoms with Crippen molar-refractivity contribution >= 4 is 73.5 Å². The van der Waals surface area contributed by atoms with Gasteiger partial charge in [-0.15, -0.1) is 23.1 Å². The molecule has 0 saturated carbocycles. The average Bonchev–Trinajstić information content (AvgIpc) is 3.40. The van der Waals surface area contributed by atoms with Gasteiger partial charge < -0.3 is 16.0 Å². The molecule has 1 unspecified atom stereocenters. The minimum absolute atomic E-state index is 0.0813. The Labute approximate surface area is 279 Å². The van der Waals surface area contributed by atoms with E-state index in [1.807, 2.05) is 49.4 Å². The first kappa shape index (κ1) is 32.2. The smallest absolute Gasteiger partial charge is 0.272 e. The molecule has 1 heterocycles. The summed E-state index contributed by atoms with van der Waals surface area (Å²) in [4.78, 5) is 41.8. The summed E-state index contributed by atoms with van der Waals surface area (Å²) in [7, 11) is 0. The number of hydrogen-bond acceptors (Lipinski definition) is 6. The normalized spacial score (nSPS) is 13.2. The second kappa shape index (κ2) is 15.2. The topological polar surface area (TPSA) is 111 Å². The highest BCUT2D eigenvalue weighted by Crippen LogP contribution is 2.38. The summed E-state index contributed by atoms with van der Waals surface area (Å²) < 4.78 is 0.840. The molecule has 0 bridgehead atoms. The van der Waals surface area contributed by atoms with Gasteiger partial charge in [-0.1, -0.05) is 59.3 Å². The molecular formula is C35H31BrN4O3S2. The molecule has 45 heavy (non-hydrogen) atoms. The average molecular weight is 700 g/mol. The maximum Gasteiger partial charge on any atom is 0.272 e. The Bertz CT molecular complexity index is 1800. The van der Waals surface area contributed by atoms with Crippen LogP contribution in [0.15, 0.2) is 93.9 Å². The number of nitrogens with zero attached hydrogens (tertiary/aromatic N) is 1. The quantitative estimate of drug-likeness (QED) is 0.114. The first-order valence-corrected chi connectivity index (χ1v) is 17.1. The molecule has 0 radical (unpaired) electrons. The SMILES string of the molecule is CCC(Sc1cccc(NC(=O)/C(=C\c2cccc(Br)c2)NC(=O)c2ccccc2)c1)C(=O)Nc1sc2c(c1C#N)CCCC2. The number of carbonyl (C=O) groups excluding carboxylic acids is 3. The van der Waals surface area contributed by atoms with E-state index in [9.17, 15) is 19.6 Å². The molecule has 0 spiro atoms. The Morgan fingerprint density at radius 2 is 1.78 bits per heavy atom. The predicted octanol–water partition coefficient (Wildman–Crippen LogP) is 8.18. The van der Waals surface area contributed by atoms with Crippen molar-refractivity contribution in [1.82, 2.24) is 5.32 Å². The molecule has 0 saturated heterocycles. The maximum absolute atomic E-state index is 13.5. The van der Waals surface area contributed by atoms with Crippen molar-refractivity contribution in [3.05, 3.63) is 116 Å². The van der Waals surface area contributed by atoms with Gasteiger partial charge in [0.1, 0.15) is 16.8 Å². The number of halogens is 1. The van der Waals surface area contributed by atoms with E-state index in [1.54, 1.807) is 42.5 Å². The van der Waals surface area contributed by atoms with E-state index in [1.165, 1.54) is 28.0 Å². The maximum atomic E-state index is 13.5. The third-order valence-corrected chi connectivity index (χ3v) is 10.3. The largest absolute Gasteiger partial charge is 0.321 e. The van der Waals surface area contributed by atoms with E-state index in [4.69, 9.17) is 0 Å². The number of amides is 3. The number of fused-ring (bicyclic) bond motifs is 1. The summed E-state index contributed by atoms with van der Waals surface area (Å²) in [6, 6.07) is 25.7. The number of rotatable bonds is 10. The van der Waals surface area contributed by atoms with E-state index in [0.29, 0.717) is 28.2 Å². The van der Waals surface area contributed by atoms with Crippen LogP contribution >= 0.6 is 39.0 Å². The highest BCUT2D eigenvalue weighted by Gasteiger charge is 2.25. The molecule has 1 aliphatic carbocycles. The zero-order chi connectivity index (χ0) is 31.8. The Kier molecular flexibility index (Phi) is 10.9. The molecule has 3 aromatic carbocycles. The van der Waals surface area contributed by atoms with E-state index in [-0.39, 0.29) is 11.6 Å². The van der Waals surface area contributed by atoms with Crippen LogP contribution < -0.4 is 16.0 Å².